The first-order valence-corrected chi connectivity index (χ1v) is 18.3. The maximum atomic E-state index is 12.7. The largest absolute Gasteiger partial charge is 1.00 e. The van der Waals surface area contributed by atoms with E-state index in [-0.39, 0.29) is 35.5 Å². The first-order chi connectivity index (χ1) is 21.2. The number of esters is 2. The molecule has 0 aliphatic rings. The summed E-state index contributed by atoms with van der Waals surface area (Å²) in [6.07, 6.45) is 31.5. The molecule has 6 nitrogen and oxygen atoms in total. The summed E-state index contributed by atoms with van der Waals surface area (Å²) in [7, 11) is 8.50. The molecule has 0 rings (SSSR count). The van der Waals surface area contributed by atoms with Gasteiger partial charge < -0.3 is 35.8 Å². The van der Waals surface area contributed by atoms with Crippen LogP contribution in [0.25, 0.3) is 0 Å². The molecule has 0 spiro atoms. The van der Waals surface area contributed by atoms with Gasteiger partial charge >= 0.3 is 11.9 Å². The quantitative estimate of drug-likeness (QED) is 0.0361. The van der Waals surface area contributed by atoms with E-state index >= 15 is 0 Å². The topological polar surface area (TPSA) is 55.8 Å². The van der Waals surface area contributed by atoms with Crippen LogP contribution in [-0.4, -0.2) is 81.9 Å². The van der Waals surface area contributed by atoms with Crippen molar-refractivity contribution in [2.24, 2.45) is 0 Å². The lowest BCUT2D eigenvalue weighted by Crippen LogP contribution is -3.00. The average molecular weight is 702 g/mol. The Labute approximate surface area is 290 Å². The highest BCUT2D eigenvalue weighted by atomic mass is 79.9. The predicted molar refractivity (Wildman–Crippen MR) is 188 cm³/mol. The van der Waals surface area contributed by atoms with E-state index in [0.717, 1.165) is 75.4 Å². The zero-order chi connectivity index (χ0) is 32.7. The maximum absolute atomic E-state index is 12.7. The van der Waals surface area contributed by atoms with Crippen LogP contribution in [-0.2, 0) is 19.1 Å². The number of ether oxygens (including phenoxy) is 2. The highest BCUT2D eigenvalue weighted by molar-refractivity contribution is 5.70. The third kappa shape index (κ3) is 34.0. The highest BCUT2D eigenvalue weighted by Gasteiger charge is 2.26. The Morgan fingerprint density at radius 1 is 0.644 bits per heavy atom. The highest BCUT2D eigenvalue weighted by Crippen LogP contribution is 2.13. The Bertz CT molecular complexity index is 739. The molecule has 0 aromatic rings. The van der Waals surface area contributed by atoms with E-state index in [2.05, 4.69) is 71.2 Å². The van der Waals surface area contributed by atoms with Gasteiger partial charge in [0, 0.05) is 25.8 Å². The van der Waals surface area contributed by atoms with Gasteiger partial charge in [0.2, 0.25) is 0 Å². The fourth-order valence-corrected chi connectivity index (χ4v) is 5.32. The van der Waals surface area contributed by atoms with Gasteiger partial charge in [-0.1, -0.05) is 102 Å². The molecule has 0 heterocycles. The third-order valence-electron chi connectivity index (χ3n) is 8.08. The van der Waals surface area contributed by atoms with Crippen molar-refractivity contribution in [1.29, 1.82) is 0 Å². The average Bonchev–Trinajstić information content (AvgIpc) is 2.97. The van der Waals surface area contributed by atoms with E-state index in [0.29, 0.717) is 19.4 Å². The molecular weight excluding hydrogens is 628 g/mol. The van der Waals surface area contributed by atoms with Crippen LogP contribution in [0.4, 0.5) is 0 Å². The number of hydrogen-bond acceptors (Lipinski definition) is 5. The third-order valence-corrected chi connectivity index (χ3v) is 8.08. The van der Waals surface area contributed by atoms with Gasteiger partial charge in [0.25, 0.3) is 0 Å². The maximum Gasteiger partial charge on any atom is 0.306 e. The molecule has 0 aliphatic carbocycles. The number of hydrogen-bond donors (Lipinski definition) is 0. The first kappa shape index (κ1) is 45.9. The minimum Gasteiger partial charge on any atom is -1.00 e. The summed E-state index contributed by atoms with van der Waals surface area (Å²) >= 11 is 0. The van der Waals surface area contributed by atoms with Gasteiger partial charge in [-0.25, -0.2) is 0 Å². The van der Waals surface area contributed by atoms with Gasteiger partial charge in [0.05, 0.1) is 20.6 Å². The van der Waals surface area contributed by atoms with Gasteiger partial charge in [-0.05, 0) is 65.5 Å². The molecule has 0 saturated heterocycles. The van der Waals surface area contributed by atoms with E-state index in [9.17, 15) is 9.59 Å². The Hall–Kier alpha value is -1.18. The molecule has 0 amide bonds. The molecule has 45 heavy (non-hydrogen) atoms. The lowest BCUT2D eigenvalue weighted by atomic mass is 10.1. The lowest BCUT2D eigenvalue weighted by Gasteiger charge is -2.33. The number of unbranched alkanes of at least 4 members (excludes halogenated alkanes) is 14. The Morgan fingerprint density at radius 2 is 1.09 bits per heavy atom. The number of carbonyl (C=O) groups is 2. The SMILES string of the molecule is CCCCC=CCCCCCCCC(=O)OCC(C[N+](C)(C)CCCN(C)C)OC(=O)CCCCCCCC=CCCCC.[Br-]. The van der Waals surface area contributed by atoms with Crippen molar-refractivity contribution in [3.8, 4) is 0 Å². The number of rotatable bonds is 31. The zero-order valence-electron chi connectivity index (χ0n) is 30.5. The van der Waals surface area contributed by atoms with Gasteiger partial charge in [0.1, 0.15) is 13.2 Å². The summed E-state index contributed by atoms with van der Waals surface area (Å²) in [5.74, 6) is -0.346. The monoisotopic (exact) mass is 700 g/mol. The molecule has 266 valence electrons. The van der Waals surface area contributed by atoms with Crippen LogP contribution in [0.1, 0.15) is 149 Å². The van der Waals surface area contributed by atoms with Crippen LogP contribution in [0.5, 0.6) is 0 Å². The van der Waals surface area contributed by atoms with E-state index in [1.54, 1.807) is 0 Å². The smallest absolute Gasteiger partial charge is 0.306 e. The van der Waals surface area contributed by atoms with Crippen molar-refractivity contribution in [1.82, 2.24) is 4.90 Å². The van der Waals surface area contributed by atoms with E-state index in [1.807, 2.05) is 0 Å². The lowest BCUT2D eigenvalue weighted by molar-refractivity contribution is -0.893. The second-order valence-corrected chi connectivity index (χ2v) is 13.6. The molecule has 0 aromatic carbocycles. The molecule has 0 fully saturated rings. The predicted octanol–water partition coefficient (Wildman–Crippen LogP) is 6.43. The number of quaternary nitrogens is 1. The van der Waals surface area contributed by atoms with Gasteiger partial charge in [-0.3, -0.25) is 9.59 Å². The van der Waals surface area contributed by atoms with Crippen LogP contribution in [0.2, 0.25) is 0 Å². The fraction of sp³-hybridized carbons (Fsp3) is 0.842. The summed E-state index contributed by atoms with van der Waals surface area (Å²) in [5.41, 5.74) is 0. The number of nitrogens with zero attached hydrogens (tertiary/aromatic N) is 2. The number of allylic oxidation sites excluding steroid dienone is 4. The van der Waals surface area contributed by atoms with Crippen molar-refractivity contribution in [3.63, 3.8) is 0 Å². The Kier molecular flexibility index (Phi) is 33.4. The van der Waals surface area contributed by atoms with Crippen molar-refractivity contribution < 1.29 is 40.5 Å². The summed E-state index contributed by atoms with van der Waals surface area (Å²) < 4.78 is 12.3. The number of halogens is 1. The van der Waals surface area contributed by atoms with Crippen molar-refractivity contribution in [2.45, 2.75) is 155 Å². The summed E-state index contributed by atoms with van der Waals surface area (Å²) in [5, 5.41) is 0. The number of likely N-dealkylation sites (N-methyl/N-ethyl adjacent to an activating group) is 1. The van der Waals surface area contributed by atoms with Crippen molar-refractivity contribution >= 4 is 11.9 Å². The van der Waals surface area contributed by atoms with Crippen LogP contribution in [0, 0.1) is 0 Å². The first-order valence-electron chi connectivity index (χ1n) is 18.3. The van der Waals surface area contributed by atoms with Crippen LogP contribution >= 0.6 is 0 Å². The Balaban J connectivity index is 0. The van der Waals surface area contributed by atoms with Crippen molar-refractivity contribution in [3.05, 3.63) is 24.3 Å². The van der Waals surface area contributed by atoms with Crippen LogP contribution in [0.3, 0.4) is 0 Å². The second-order valence-electron chi connectivity index (χ2n) is 13.6. The molecule has 1 atom stereocenters. The minimum absolute atomic E-state index is 0. The van der Waals surface area contributed by atoms with E-state index in [1.165, 1.54) is 64.2 Å². The minimum atomic E-state index is -0.411. The summed E-state index contributed by atoms with van der Waals surface area (Å²) in [6, 6.07) is 0. The fourth-order valence-electron chi connectivity index (χ4n) is 5.32. The summed E-state index contributed by atoms with van der Waals surface area (Å²) in [6.45, 7) is 7.24. The molecule has 0 N–H and O–H groups in total. The van der Waals surface area contributed by atoms with Gasteiger partial charge in [-0.15, -0.1) is 0 Å². The van der Waals surface area contributed by atoms with Crippen LogP contribution < -0.4 is 17.0 Å². The van der Waals surface area contributed by atoms with Gasteiger partial charge in [0.15, 0.2) is 6.10 Å². The van der Waals surface area contributed by atoms with E-state index < -0.39 is 6.10 Å². The molecule has 0 bridgehead atoms. The molecule has 0 radical (unpaired) electrons. The second kappa shape index (κ2) is 32.7. The molecule has 7 heteroatoms. The molecule has 0 aromatic heterocycles. The van der Waals surface area contributed by atoms with Crippen LogP contribution in [0.15, 0.2) is 24.3 Å². The zero-order valence-corrected chi connectivity index (χ0v) is 32.1. The standard InChI is InChI=1S/C38H73N2O4.BrH/c1-7-9-11-13-15-17-19-21-23-25-27-30-37(41)43-35-36(34-40(5,6)33-29-32-39(3)4)44-38(42)31-28-26-24-22-20-18-16-14-12-10-8-2;/h13-16,36H,7-12,17-35H2,1-6H3;1H/q+1;/p-1. The van der Waals surface area contributed by atoms with Gasteiger partial charge in [-0.2, -0.15) is 0 Å². The Morgan fingerprint density at radius 3 is 1.58 bits per heavy atom. The van der Waals surface area contributed by atoms with E-state index in [4.69, 9.17) is 9.47 Å². The normalized spacial score (nSPS) is 12.6. The molecule has 1 unspecified atom stereocenters. The molecule has 0 saturated carbocycles. The summed E-state index contributed by atoms with van der Waals surface area (Å²) in [4.78, 5) is 27.4. The van der Waals surface area contributed by atoms with Crippen molar-refractivity contribution in [2.75, 3.05) is 54.4 Å². The molecular formula is C38H73BrN2O4. The molecule has 0 aliphatic heterocycles. The number of carbonyl (C=O) groups excluding carboxylic acids is 2.